The number of rotatable bonds is 5. The first kappa shape index (κ1) is 17.4. The van der Waals surface area contributed by atoms with E-state index in [9.17, 15) is 4.79 Å². The molecule has 136 valence electrons. The predicted molar refractivity (Wildman–Crippen MR) is 111 cm³/mol. The number of aromatic nitrogens is 2. The Bertz CT molecular complexity index is 1080. The van der Waals surface area contributed by atoms with E-state index in [1.165, 1.54) is 0 Å². The molecule has 1 heterocycles. The second-order valence-corrected chi connectivity index (χ2v) is 6.21. The van der Waals surface area contributed by atoms with Crippen molar-refractivity contribution in [3.8, 4) is 22.4 Å². The second-order valence-electron chi connectivity index (χ2n) is 6.21. The van der Waals surface area contributed by atoms with E-state index in [0.717, 1.165) is 27.9 Å². The lowest BCUT2D eigenvalue weighted by atomic mass is 10.0. The van der Waals surface area contributed by atoms with Crippen molar-refractivity contribution in [3.05, 3.63) is 102 Å². The number of nitrogens with one attached hydrogen (secondary N) is 2. The average molecular weight is 366 g/mol. The summed E-state index contributed by atoms with van der Waals surface area (Å²) in [5, 5.41) is 11.1. The number of benzene rings is 3. The van der Waals surface area contributed by atoms with Crippen LogP contribution in [0.1, 0.15) is 15.9 Å². The minimum Gasteiger partial charge on any atom is -0.277 e. The maximum absolute atomic E-state index is 12.3. The largest absolute Gasteiger partial charge is 0.277 e. The fourth-order valence-electron chi connectivity index (χ4n) is 2.90. The lowest BCUT2D eigenvalue weighted by Crippen LogP contribution is -2.17. The number of hydrogen-bond acceptors (Lipinski definition) is 3. The highest BCUT2D eigenvalue weighted by atomic mass is 16.2. The Morgan fingerprint density at radius 2 is 1.43 bits per heavy atom. The molecule has 3 aromatic carbocycles. The first-order valence-corrected chi connectivity index (χ1v) is 8.89. The Labute approximate surface area is 162 Å². The standard InChI is InChI=1S/C23H18N4O/c28-23(20-13-11-18(12-14-20)17-7-3-1-4-8-17)27-25-16-21-15-24-26-22(21)19-9-5-2-6-10-19/h1-16H,(H,24,26)(H,27,28)/b25-16+. The number of nitrogens with zero attached hydrogens (tertiary/aromatic N) is 2. The van der Waals surface area contributed by atoms with Gasteiger partial charge in [-0.15, -0.1) is 0 Å². The first-order valence-electron chi connectivity index (χ1n) is 8.89. The molecule has 4 aromatic rings. The van der Waals surface area contributed by atoms with Crippen LogP contribution in [0.3, 0.4) is 0 Å². The Hall–Kier alpha value is -3.99. The van der Waals surface area contributed by atoms with E-state index in [1.54, 1.807) is 24.5 Å². The SMILES string of the molecule is O=C(N/N=C/c1cn[nH]c1-c1ccccc1)c1ccc(-c2ccccc2)cc1. The zero-order valence-electron chi connectivity index (χ0n) is 15.0. The first-order chi connectivity index (χ1) is 13.8. The van der Waals surface area contributed by atoms with Gasteiger partial charge < -0.3 is 0 Å². The minimum absolute atomic E-state index is 0.263. The van der Waals surface area contributed by atoms with Crippen LogP contribution in [0.4, 0.5) is 0 Å². The van der Waals surface area contributed by atoms with Gasteiger partial charge in [0.2, 0.25) is 0 Å². The summed E-state index contributed by atoms with van der Waals surface area (Å²) in [6.07, 6.45) is 3.26. The molecule has 1 aromatic heterocycles. The topological polar surface area (TPSA) is 70.1 Å². The van der Waals surface area contributed by atoms with E-state index in [0.29, 0.717) is 5.56 Å². The van der Waals surface area contributed by atoms with Crippen molar-refractivity contribution >= 4 is 12.1 Å². The van der Waals surface area contributed by atoms with Crippen LogP contribution in [-0.4, -0.2) is 22.3 Å². The number of hydrogen-bond donors (Lipinski definition) is 2. The summed E-state index contributed by atoms with van der Waals surface area (Å²) in [4.78, 5) is 12.3. The molecule has 5 heteroatoms. The van der Waals surface area contributed by atoms with E-state index in [1.807, 2.05) is 72.8 Å². The van der Waals surface area contributed by atoms with Crippen LogP contribution in [0.25, 0.3) is 22.4 Å². The Morgan fingerprint density at radius 1 is 0.821 bits per heavy atom. The molecular formula is C23H18N4O. The lowest BCUT2D eigenvalue weighted by molar-refractivity contribution is 0.0955. The quantitative estimate of drug-likeness (QED) is 0.403. The highest BCUT2D eigenvalue weighted by Gasteiger charge is 2.07. The summed E-state index contributed by atoms with van der Waals surface area (Å²) in [6.45, 7) is 0. The van der Waals surface area contributed by atoms with Gasteiger partial charge in [0.25, 0.3) is 5.91 Å². The van der Waals surface area contributed by atoms with Crippen molar-refractivity contribution in [1.29, 1.82) is 0 Å². The number of hydrazone groups is 1. The number of carbonyl (C=O) groups is 1. The highest BCUT2D eigenvalue weighted by Crippen LogP contribution is 2.20. The van der Waals surface area contributed by atoms with Crippen molar-refractivity contribution < 1.29 is 4.79 Å². The van der Waals surface area contributed by atoms with Gasteiger partial charge in [0.15, 0.2) is 0 Å². The van der Waals surface area contributed by atoms with Crippen molar-refractivity contribution in [2.45, 2.75) is 0 Å². The Kier molecular flexibility index (Phi) is 5.06. The maximum atomic E-state index is 12.3. The van der Waals surface area contributed by atoms with E-state index in [2.05, 4.69) is 20.7 Å². The summed E-state index contributed by atoms with van der Waals surface area (Å²) in [7, 11) is 0. The van der Waals surface area contributed by atoms with Crippen molar-refractivity contribution in [2.24, 2.45) is 5.10 Å². The zero-order chi connectivity index (χ0) is 19.2. The summed E-state index contributed by atoms with van der Waals surface area (Å²) in [5.41, 5.74) is 7.94. The smallest absolute Gasteiger partial charge is 0.271 e. The molecule has 0 aliphatic heterocycles. The van der Waals surface area contributed by atoms with Gasteiger partial charge in [0, 0.05) is 16.7 Å². The molecule has 0 aliphatic carbocycles. The van der Waals surface area contributed by atoms with Crippen LogP contribution in [0.15, 0.2) is 96.2 Å². The van der Waals surface area contributed by atoms with Crippen LogP contribution in [0, 0.1) is 0 Å². The molecule has 1 amide bonds. The summed E-state index contributed by atoms with van der Waals surface area (Å²) < 4.78 is 0. The molecule has 2 N–H and O–H groups in total. The molecule has 0 unspecified atom stereocenters. The van der Waals surface area contributed by atoms with Gasteiger partial charge in [-0.2, -0.15) is 10.2 Å². The third-order valence-corrected chi connectivity index (χ3v) is 4.36. The van der Waals surface area contributed by atoms with Crippen LogP contribution in [0.5, 0.6) is 0 Å². The van der Waals surface area contributed by atoms with Gasteiger partial charge in [-0.05, 0) is 23.3 Å². The molecule has 0 saturated carbocycles. The van der Waals surface area contributed by atoms with Crippen LogP contribution in [0.2, 0.25) is 0 Å². The number of carbonyl (C=O) groups excluding carboxylic acids is 1. The highest BCUT2D eigenvalue weighted by molar-refractivity contribution is 5.96. The van der Waals surface area contributed by atoms with Crippen molar-refractivity contribution in [3.63, 3.8) is 0 Å². The fourth-order valence-corrected chi connectivity index (χ4v) is 2.90. The van der Waals surface area contributed by atoms with Gasteiger partial charge in [-0.25, -0.2) is 5.43 Å². The monoisotopic (exact) mass is 366 g/mol. The number of amides is 1. The van der Waals surface area contributed by atoms with Crippen molar-refractivity contribution in [2.75, 3.05) is 0 Å². The van der Waals surface area contributed by atoms with Crippen molar-refractivity contribution in [1.82, 2.24) is 15.6 Å². The van der Waals surface area contributed by atoms with E-state index in [4.69, 9.17) is 0 Å². The third-order valence-electron chi connectivity index (χ3n) is 4.36. The molecule has 5 nitrogen and oxygen atoms in total. The molecule has 0 bridgehead atoms. The molecule has 0 spiro atoms. The molecule has 0 saturated heterocycles. The zero-order valence-corrected chi connectivity index (χ0v) is 15.0. The molecule has 4 rings (SSSR count). The molecule has 0 radical (unpaired) electrons. The van der Waals surface area contributed by atoms with Gasteiger partial charge in [-0.1, -0.05) is 72.8 Å². The van der Waals surface area contributed by atoms with Gasteiger partial charge in [-0.3, -0.25) is 9.89 Å². The Balaban J connectivity index is 1.43. The van der Waals surface area contributed by atoms with E-state index >= 15 is 0 Å². The summed E-state index contributed by atoms with van der Waals surface area (Å²) >= 11 is 0. The normalized spacial score (nSPS) is 10.9. The van der Waals surface area contributed by atoms with Crippen LogP contribution < -0.4 is 5.43 Å². The van der Waals surface area contributed by atoms with Crippen LogP contribution in [-0.2, 0) is 0 Å². The molecule has 28 heavy (non-hydrogen) atoms. The molecule has 0 aliphatic rings. The number of aromatic amines is 1. The lowest BCUT2D eigenvalue weighted by Gasteiger charge is -2.04. The fraction of sp³-hybridized carbons (Fsp3) is 0. The summed E-state index contributed by atoms with van der Waals surface area (Å²) in [5.74, 6) is -0.263. The summed E-state index contributed by atoms with van der Waals surface area (Å²) in [6, 6.07) is 27.3. The maximum Gasteiger partial charge on any atom is 0.271 e. The second kappa shape index (κ2) is 8.14. The van der Waals surface area contributed by atoms with E-state index < -0.39 is 0 Å². The van der Waals surface area contributed by atoms with E-state index in [-0.39, 0.29) is 5.91 Å². The van der Waals surface area contributed by atoms with Crippen LogP contribution >= 0.6 is 0 Å². The predicted octanol–water partition coefficient (Wildman–Crippen LogP) is 4.51. The Morgan fingerprint density at radius 3 is 2.11 bits per heavy atom. The van der Waals surface area contributed by atoms with Gasteiger partial charge in [0.1, 0.15) is 0 Å². The van der Waals surface area contributed by atoms with Gasteiger partial charge >= 0.3 is 0 Å². The molecular weight excluding hydrogens is 348 g/mol. The molecule has 0 atom stereocenters. The molecule has 0 fully saturated rings. The van der Waals surface area contributed by atoms with Gasteiger partial charge in [0.05, 0.1) is 18.1 Å². The average Bonchev–Trinajstić information content (AvgIpc) is 3.23. The third kappa shape index (κ3) is 3.88. The minimum atomic E-state index is -0.263. The number of H-pyrrole nitrogens is 1.